The number of benzene rings is 2. The van der Waals surface area contributed by atoms with Gasteiger partial charge in [0.1, 0.15) is 11.5 Å². The Kier molecular flexibility index (Phi) is 5.09. The van der Waals surface area contributed by atoms with Crippen molar-refractivity contribution < 1.29 is 9.47 Å². The molecule has 0 atom stereocenters. The van der Waals surface area contributed by atoms with Gasteiger partial charge in [-0.2, -0.15) is 0 Å². The lowest BCUT2D eigenvalue weighted by Gasteiger charge is -2.11. The average molecular weight is 285 g/mol. The Hall–Kier alpha value is -2.16. The number of anilines is 1. The number of nitrogens with one attached hydrogen (secondary N) is 1. The molecule has 0 aliphatic carbocycles. The predicted octanol–water partition coefficient (Wildman–Crippen LogP) is 4.44. The van der Waals surface area contributed by atoms with Crippen LogP contribution in [0.4, 0.5) is 5.69 Å². The summed E-state index contributed by atoms with van der Waals surface area (Å²) in [6, 6.07) is 14.5. The van der Waals surface area contributed by atoms with E-state index in [4.69, 9.17) is 9.47 Å². The monoisotopic (exact) mass is 285 g/mol. The summed E-state index contributed by atoms with van der Waals surface area (Å²) in [6.07, 6.45) is 0. The molecule has 112 valence electrons. The summed E-state index contributed by atoms with van der Waals surface area (Å²) in [5.74, 6) is 2.17. The first-order valence-electron chi connectivity index (χ1n) is 7.18. The van der Waals surface area contributed by atoms with E-state index in [1.807, 2.05) is 18.2 Å². The highest BCUT2D eigenvalue weighted by Gasteiger charge is 2.03. The van der Waals surface area contributed by atoms with Crippen LogP contribution in [0.15, 0.2) is 42.5 Å². The van der Waals surface area contributed by atoms with E-state index >= 15 is 0 Å². The summed E-state index contributed by atoms with van der Waals surface area (Å²) in [4.78, 5) is 0. The van der Waals surface area contributed by atoms with E-state index in [1.54, 1.807) is 14.2 Å². The third kappa shape index (κ3) is 4.15. The van der Waals surface area contributed by atoms with E-state index in [9.17, 15) is 0 Å². The van der Waals surface area contributed by atoms with Gasteiger partial charge in [0.2, 0.25) is 0 Å². The zero-order valence-corrected chi connectivity index (χ0v) is 13.1. The van der Waals surface area contributed by atoms with Gasteiger partial charge in [0.05, 0.1) is 14.2 Å². The first kappa shape index (κ1) is 15.2. The third-order valence-electron chi connectivity index (χ3n) is 3.49. The first-order chi connectivity index (χ1) is 10.1. The zero-order valence-electron chi connectivity index (χ0n) is 13.1. The van der Waals surface area contributed by atoms with Crippen LogP contribution in [0.25, 0.3) is 0 Å². The van der Waals surface area contributed by atoms with E-state index in [1.165, 1.54) is 5.56 Å². The molecule has 2 aromatic carbocycles. The Labute approximate surface area is 126 Å². The summed E-state index contributed by atoms with van der Waals surface area (Å²) in [6.45, 7) is 5.13. The van der Waals surface area contributed by atoms with Crippen LogP contribution in [-0.2, 0) is 6.54 Å². The summed E-state index contributed by atoms with van der Waals surface area (Å²) in [7, 11) is 3.33. The van der Waals surface area contributed by atoms with Crippen LogP contribution >= 0.6 is 0 Å². The van der Waals surface area contributed by atoms with Gasteiger partial charge in [-0.05, 0) is 41.3 Å². The van der Waals surface area contributed by atoms with Crippen molar-refractivity contribution in [3.05, 3.63) is 53.6 Å². The van der Waals surface area contributed by atoms with Gasteiger partial charge in [0.25, 0.3) is 0 Å². The summed E-state index contributed by atoms with van der Waals surface area (Å²) < 4.78 is 10.6. The lowest BCUT2D eigenvalue weighted by atomic mass is 10.0. The van der Waals surface area contributed by atoms with Crippen molar-refractivity contribution in [1.82, 2.24) is 0 Å². The molecule has 0 saturated carbocycles. The molecule has 0 unspecified atom stereocenters. The van der Waals surface area contributed by atoms with Crippen molar-refractivity contribution in [2.45, 2.75) is 26.3 Å². The molecule has 3 nitrogen and oxygen atoms in total. The van der Waals surface area contributed by atoms with Crippen LogP contribution in [0.3, 0.4) is 0 Å². The van der Waals surface area contributed by atoms with Gasteiger partial charge in [-0.1, -0.05) is 26.0 Å². The Morgan fingerprint density at radius 3 is 1.95 bits per heavy atom. The molecule has 0 heterocycles. The smallest absolute Gasteiger partial charge is 0.122 e. The van der Waals surface area contributed by atoms with Crippen molar-refractivity contribution in [2.75, 3.05) is 19.5 Å². The fourth-order valence-corrected chi connectivity index (χ4v) is 2.16. The normalized spacial score (nSPS) is 10.5. The highest BCUT2D eigenvalue weighted by Crippen LogP contribution is 2.23. The molecule has 2 rings (SSSR count). The Morgan fingerprint density at radius 1 is 0.905 bits per heavy atom. The van der Waals surface area contributed by atoms with Gasteiger partial charge >= 0.3 is 0 Å². The van der Waals surface area contributed by atoms with Crippen molar-refractivity contribution in [3.8, 4) is 11.5 Å². The summed E-state index contributed by atoms with van der Waals surface area (Å²) in [5, 5.41) is 3.42. The Balaban J connectivity index is 2.05. The predicted molar refractivity (Wildman–Crippen MR) is 87.4 cm³/mol. The van der Waals surface area contributed by atoms with Crippen LogP contribution in [0, 0.1) is 0 Å². The van der Waals surface area contributed by atoms with Gasteiger partial charge < -0.3 is 14.8 Å². The maximum absolute atomic E-state index is 5.28. The molecular weight excluding hydrogens is 262 g/mol. The van der Waals surface area contributed by atoms with Crippen LogP contribution in [-0.4, -0.2) is 14.2 Å². The summed E-state index contributed by atoms with van der Waals surface area (Å²) in [5.41, 5.74) is 3.59. The van der Waals surface area contributed by atoms with Gasteiger partial charge in [-0.25, -0.2) is 0 Å². The minimum atomic E-state index is 0.557. The molecular formula is C18H23NO2. The second kappa shape index (κ2) is 7.02. The third-order valence-corrected chi connectivity index (χ3v) is 3.49. The number of methoxy groups -OCH3 is 2. The lowest BCUT2D eigenvalue weighted by molar-refractivity contribution is 0.393. The number of hydrogen-bond acceptors (Lipinski definition) is 3. The van der Waals surface area contributed by atoms with E-state index in [0.717, 1.165) is 29.3 Å². The van der Waals surface area contributed by atoms with E-state index in [0.29, 0.717) is 5.92 Å². The minimum Gasteiger partial charge on any atom is -0.497 e. The molecule has 0 fully saturated rings. The molecule has 3 heteroatoms. The molecule has 0 radical (unpaired) electrons. The van der Waals surface area contributed by atoms with Gasteiger partial charge in [0.15, 0.2) is 0 Å². The van der Waals surface area contributed by atoms with Crippen LogP contribution < -0.4 is 14.8 Å². The second-order valence-electron chi connectivity index (χ2n) is 5.35. The second-order valence-corrected chi connectivity index (χ2v) is 5.35. The van der Waals surface area contributed by atoms with Crippen molar-refractivity contribution >= 4 is 5.69 Å². The molecule has 0 aliphatic heterocycles. The highest BCUT2D eigenvalue weighted by atomic mass is 16.5. The maximum atomic E-state index is 5.28. The average Bonchev–Trinajstić information content (AvgIpc) is 2.52. The largest absolute Gasteiger partial charge is 0.497 e. The maximum Gasteiger partial charge on any atom is 0.122 e. The van der Waals surface area contributed by atoms with Crippen LogP contribution in [0.1, 0.15) is 30.9 Å². The minimum absolute atomic E-state index is 0.557. The van der Waals surface area contributed by atoms with E-state index < -0.39 is 0 Å². The fraction of sp³-hybridized carbons (Fsp3) is 0.333. The molecule has 0 aromatic heterocycles. The quantitative estimate of drug-likeness (QED) is 0.851. The standard InChI is InChI=1S/C18H23NO2/c1-13(2)15-5-7-16(8-6-15)19-12-14-9-17(20-3)11-18(10-14)21-4/h5-11,13,19H,12H2,1-4H3. The number of ether oxygens (including phenoxy) is 2. The van der Waals surface area contributed by atoms with Crippen LogP contribution in [0.2, 0.25) is 0 Å². The molecule has 0 spiro atoms. The van der Waals surface area contributed by atoms with E-state index in [-0.39, 0.29) is 0 Å². The van der Waals surface area contributed by atoms with Gasteiger partial charge in [-0.3, -0.25) is 0 Å². The van der Waals surface area contributed by atoms with Crippen molar-refractivity contribution in [1.29, 1.82) is 0 Å². The Bertz CT molecular complexity index is 554. The molecule has 0 amide bonds. The molecule has 21 heavy (non-hydrogen) atoms. The Morgan fingerprint density at radius 2 is 1.48 bits per heavy atom. The first-order valence-corrected chi connectivity index (χ1v) is 7.18. The van der Waals surface area contributed by atoms with Crippen molar-refractivity contribution in [3.63, 3.8) is 0 Å². The van der Waals surface area contributed by atoms with Crippen molar-refractivity contribution in [2.24, 2.45) is 0 Å². The molecule has 0 bridgehead atoms. The van der Waals surface area contributed by atoms with Gasteiger partial charge in [-0.15, -0.1) is 0 Å². The molecule has 1 N–H and O–H groups in total. The number of rotatable bonds is 6. The fourth-order valence-electron chi connectivity index (χ4n) is 2.16. The van der Waals surface area contributed by atoms with Crippen LogP contribution in [0.5, 0.6) is 11.5 Å². The van der Waals surface area contributed by atoms with Gasteiger partial charge in [0, 0.05) is 18.3 Å². The molecule has 2 aromatic rings. The topological polar surface area (TPSA) is 30.5 Å². The number of hydrogen-bond donors (Lipinski definition) is 1. The SMILES string of the molecule is COc1cc(CNc2ccc(C(C)C)cc2)cc(OC)c1. The molecule has 0 saturated heterocycles. The lowest BCUT2D eigenvalue weighted by Crippen LogP contribution is -2.01. The highest BCUT2D eigenvalue weighted by molar-refractivity contribution is 5.47. The zero-order chi connectivity index (χ0) is 15.2. The summed E-state index contributed by atoms with van der Waals surface area (Å²) >= 11 is 0. The molecule has 0 aliphatic rings. The van der Waals surface area contributed by atoms with E-state index in [2.05, 4.69) is 43.4 Å².